The number of rotatable bonds is 6. The van der Waals surface area contributed by atoms with E-state index in [0.29, 0.717) is 31.6 Å². The van der Waals surface area contributed by atoms with Crippen LogP contribution < -0.4 is 10.6 Å². The Morgan fingerprint density at radius 2 is 2.27 bits per heavy atom. The summed E-state index contributed by atoms with van der Waals surface area (Å²) in [5, 5.41) is 5.16. The van der Waals surface area contributed by atoms with Gasteiger partial charge in [0, 0.05) is 25.5 Å². The molecule has 0 saturated heterocycles. The minimum Gasteiger partial charge on any atom is -0.359 e. The fourth-order valence-electron chi connectivity index (χ4n) is 0.958. The first kappa shape index (κ1) is 11.1. The van der Waals surface area contributed by atoms with E-state index < -0.39 is 0 Å². The summed E-state index contributed by atoms with van der Waals surface area (Å²) in [5.74, 6) is -0.255. The predicted molar refractivity (Wildman–Crippen MR) is 53.0 cm³/mol. The summed E-state index contributed by atoms with van der Waals surface area (Å²) in [5.41, 5.74) is 0.292. The first-order chi connectivity index (χ1) is 7.34. The molecule has 6 nitrogen and oxygen atoms in total. The fraction of sp³-hybridized carbons (Fsp3) is 0.333. The van der Waals surface area contributed by atoms with Gasteiger partial charge in [0.2, 0.25) is 6.41 Å². The third-order valence-electron chi connectivity index (χ3n) is 1.66. The van der Waals surface area contributed by atoms with Gasteiger partial charge in [-0.2, -0.15) is 0 Å². The first-order valence-electron chi connectivity index (χ1n) is 4.56. The van der Waals surface area contributed by atoms with E-state index in [1.54, 1.807) is 0 Å². The number of nitrogens with zero attached hydrogens (tertiary/aromatic N) is 2. The summed E-state index contributed by atoms with van der Waals surface area (Å²) in [6, 6.07) is 0. The van der Waals surface area contributed by atoms with Crippen LogP contribution in [0.25, 0.3) is 0 Å². The molecule has 1 aromatic heterocycles. The van der Waals surface area contributed by atoms with Crippen LogP contribution in [0.2, 0.25) is 0 Å². The van der Waals surface area contributed by atoms with E-state index in [4.69, 9.17) is 0 Å². The fourth-order valence-corrected chi connectivity index (χ4v) is 0.958. The lowest BCUT2D eigenvalue weighted by Crippen LogP contribution is -2.27. The Labute approximate surface area is 87.1 Å². The highest BCUT2D eigenvalue weighted by Gasteiger charge is 2.04. The lowest BCUT2D eigenvalue weighted by atomic mass is 10.4. The Hall–Kier alpha value is -1.98. The molecular weight excluding hydrogens is 196 g/mol. The van der Waals surface area contributed by atoms with E-state index in [-0.39, 0.29) is 5.91 Å². The number of amides is 2. The Morgan fingerprint density at radius 3 is 2.93 bits per heavy atom. The third kappa shape index (κ3) is 4.17. The molecule has 15 heavy (non-hydrogen) atoms. The van der Waals surface area contributed by atoms with Gasteiger partial charge in [-0.25, -0.2) is 4.98 Å². The summed E-state index contributed by atoms with van der Waals surface area (Å²) in [4.78, 5) is 28.9. The van der Waals surface area contributed by atoms with Crippen LogP contribution in [0.4, 0.5) is 0 Å². The molecule has 80 valence electrons. The van der Waals surface area contributed by atoms with Crippen LogP contribution in [0.15, 0.2) is 18.6 Å². The zero-order valence-electron chi connectivity index (χ0n) is 8.14. The van der Waals surface area contributed by atoms with E-state index in [1.165, 1.54) is 18.6 Å². The molecule has 2 amide bonds. The van der Waals surface area contributed by atoms with Crippen LogP contribution in [0.1, 0.15) is 16.9 Å². The summed E-state index contributed by atoms with van der Waals surface area (Å²) in [6.07, 6.45) is 5.68. The van der Waals surface area contributed by atoms with Crippen molar-refractivity contribution in [2.24, 2.45) is 0 Å². The van der Waals surface area contributed by atoms with Gasteiger partial charge in [0.25, 0.3) is 5.91 Å². The molecule has 0 bridgehead atoms. The molecule has 0 aliphatic carbocycles. The maximum absolute atomic E-state index is 11.4. The van der Waals surface area contributed by atoms with Gasteiger partial charge in [0.1, 0.15) is 5.69 Å². The normalized spacial score (nSPS) is 9.33. The second kappa shape index (κ2) is 6.47. The number of carbonyl (C=O) groups is 2. The van der Waals surface area contributed by atoms with Crippen LogP contribution in [0, 0.1) is 0 Å². The molecule has 0 aromatic carbocycles. The number of aromatic nitrogens is 2. The number of carbonyl (C=O) groups excluding carboxylic acids is 2. The Morgan fingerprint density at radius 1 is 1.40 bits per heavy atom. The average molecular weight is 208 g/mol. The molecule has 1 heterocycles. The highest BCUT2D eigenvalue weighted by Crippen LogP contribution is 1.89. The van der Waals surface area contributed by atoms with Crippen molar-refractivity contribution in [3.8, 4) is 0 Å². The van der Waals surface area contributed by atoms with E-state index in [2.05, 4.69) is 20.6 Å². The zero-order chi connectivity index (χ0) is 10.9. The Balaban J connectivity index is 2.22. The molecule has 0 spiro atoms. The summed E-state index contributed by atoms with van der Waals surface area (Å²) < 4.78 is 0. The van der Waals surface area contributed by atoms with Gasteiger partial charge in [-0.3, -0.25) is 14.6 Å². The standard InChI is InChI=1S/C9H12N4O2/c14-7-11-2-1-3-13-9(15)8-6-10-4-5-12-8/h4-7H,1-3H2,(H,11,14)(H,13,15). The molecule has 0 saturated carbocycles. The molecular formula is C9H12N4O2. The van der Waals surface area contributed by atoms with Gasteiger partial charge in [-0.1, -0.05) is 0 Å². The average Bonchev–Trinajstić information content (AvgIpc) is 2.30. The highest BCUT2D eigenvalue weighted by atomic mass is 16.2. The molecule has 0 radical (unpaired) electrons. The number of hydrogen-bond acceptors (Lipinski definition) is 4. The maximum atomic E-state index is 11.4. The molecule has 0 fully saturated rings. The van der Waals surface area contributed by atoms with Crippen molar-refractivity contribution in [2.45, 2.75) is 6.42 Å². The number of hydrogen-bond donors (Lipinski definition) is 2. The predicted octanol–water partition coefficient (Wildman–Crippen LogP) is -0.657. The third-order valence-corrected chi connectivity index (χ3v) is 1.66. The smallest absolute Gasteiger partial charge is 0.271 e. The van der Waals surface area contributed by atoms with Crippen molar-refractivity contribution >= 4 is 12.3 Å². The van der Waals surface area contributed by atoms with Crippen LogP contribution in [-0.4, -0.2) is 35.4 Å². The van der Waals surface area contributed by atoms with Crippen LogP contribution in [0.5, 0.6) is 0 Å². The minimum absolute atomic E-state index is 0.255. The molecule has 0 unspecified atom stereocenters. The SMILES string of the molecule is O=CNCCCNC(=O)c1cnccn1. The van der Waals surface area contributed by atoms with Gasteiger partial charge in [-0.05, 0) is 6.42 Å². The maximum Gasteiger partial charge on any atom is 0.271 e. The Kier molecular flexibility index (Phi) is 4.79. The van der Waals surface area contributed by atoms with E-state index in [9.17, 15) is 9.59 Å². The van der Waals surface area contributed by atoms with E-state index >= 15 is 0 Å². The van der Waals surface area contributed by atoms with Gasteiger partial charge < -0.3 is 10.6 Å². The quantitative estimate of drug-likeness (QED) is 0.480. The summed E-state index contributed by atoms with van der Waals surface area (Å²) in [6.45, 7) is 1.04. The van der Waals surface area contributed by atoms with Crippen molar-refractivity contribution in [3.63, 3.8) is 0 Å². The summed E-state index contributed by atoms with van der Waals surface area (Å²) >= 11 is 0. The van der Waals surface area contributed by atoms with Gasteiger partial charge in [0.05, 0.1) is 6.20 Å². The summed E-state index contributed by atoms with van der Waals surface area (Å²) in [7, 11) is 0. The van der Waals surface area contributed by atoms with Gasteiger partial charge >= 0.3 is 0 Å². The van der Waals surface area contributed by atoms with Crippen molar-refractivity contribution in [2.75, 3.05) is 13.1 Å². The van der Waals surface area contributed by atoms with Crippen molar-refractivity contribution in [1.82, 2.24) is 20.6 Å². The van der Waals surface area contributed by atoms with Crippen molar-refractivity contribution in [1.29, 1.82) is 0 Å². The molecule has 0 atom stereocenters. The molecule has 0 aliphatic heterocycles. The van der Waals surface area contributed by atoms with Crippen LogP contribution >= 0.6 is 0 Å². The molecule has 1 rings (SSSR count). The molecule has 2 N–H and O–H groups in total. The number of nitrogens with one attached hydrogen (secondary N) is 2. The highest BCUT2D eigenvalue weighted by molar-refractivity contribution is 5.91. The van der Waals surface area contributed by atoms with Gasteiger partial charge in [0.15, 0.2) is 0 Å². The van der Waals surface area contributed by atoms with Crippen molar-refractivity contribution in [3.05, 3.63) is 24.3 Å². The van der Waals surface area contributed by atoms with Crippen LogP contribution in [0.3, 0.4) is 0 Å². The first-order valence-corrected chi connectivity index (χ1v) is 4.56. The minimum atomic E-state index is -0.255. The lowest BCUT2D eigenvalue weighted by Gasteiger charge is -2.03. The lowest BCUT2D eigenvalue weighted by molar-refractivity contribution is -0.109. The monoisotopic (exact) mass is 208 g/mol. The zero-order valence-corrected chi connectivity index (χ0v) is 8.14. The second-order valence-corrected chi connectivity index (χ2v) is 2.77. The van der Waals surface area contributed by atoms with E-state index in [1.807, 2.05) is 0 Å². The topological polar surface area (TPSA) is 84.0 Å². The van der Waals surface area contributed by atoms with Crippen molar-refractivity contribution < 1.29 is 9.59 Å². The van der Waals surface area contributed by atoms with E-state index in [0.717, 1.165) is 0 Å². The molecule has 1 aromatic rings. The second-order valence-electron chi connectivity index (χ2n) is 2.77. The molecule has 6 heteroatoms. The Bertz CT molecular complexity index is 315. The van der Waals surface area contributed by atoms with Crippen LogP contribution in [-0.2, 0) is 4.79 Å². The van der Waals surface area contributed by atoms with Gasteiger partial charge in [-0.15, -0.1) is 0 Å². The largest absolute Gasteiger partial charge is 0.359 e. The molecule has 0 aliphatic rings.